The number of allylic oxidation sites excluding steroid dienone is 1. The normalized spacial score (nSPS) is 15.7. The third kappa shape index (κ3) is 4.71. The number of rotatable bonds is 8. The second-order valence-corrected chi connectivity index (χ2v) is 9.29. The Labute approximate surface area is 217 Å². The molecule has 1 atom stereocenters. The van der Waals surface area contributed by atoms with Crippen LogP contribution in [0, 0.1) is 0 Å². The molecule has 0 aliphatic carbocycles. The summed E-state index contributed by atoms with van der Waals surface area (Å²) in [5.41, 5.74) is 2.11. The van der Waals surface area contributed by atoms with Crippen LogP contribution in [0.2, 0.25) is 0 Å². The molecular weight excluding hydrogens is 488 g/mol. The predicted molar refractivity (Wildman–Crippen MR) is 144 cm³/mol. The number of amides is 1. The van der Waals surface area contributed by atoms with Crippen molar-refractivity contribution in [2.75, 3.05) is 18.6 Å². The monoisotopic (exact) mass is 512 g/mol. The third-order valence-electron chi connectivity index (χ3n) is 5.98. The van der Waals surface area contributed by atoms with Crippen LogP contribution >= 0.6 is 11.3 Å². The van der Waals surface area contributed by atoms with Gasteiger partial charge in [-0.3, -0.25) is 14.5 Å². The maximum atomic E-state index is 13.4. The first kappa shape index (κ1) is 24.3. The van der Waals surface area contributed by atoms with Gasteiger partial charge in [-0.2, -0.15) is 0 Å². The molecule has 5 rings (SSSR count). The highest BCUT2D eigenvalue weighted by molar-refractivity contribution is 7.22. The number of carbonyl (C=O) groups is 2. The van der Waals surface area contributed by atoms with Gasteiger partial charge in [-0.05, 0) is 54.5 Å². The average molecular weight is 513 g/mol. The van der Waals surface area contributed by atoms with E-state index in [1.807, 2.05) is 55.5 Å². The first-order valence-corrected chi connectivity index (χ1v) is 12.5. The molecule has 0 spiro atoms. The van der Waals surface area contributed by atoms with E-state index in [0.717, 1.165) is 10.3 Å². The summed E-state index contributed by atoms with van der Waals surface area (Å²) in [6, 6.07) is 21.1. The van der Waals surface area contributed by atoms with Crippen molar-refractivity contribution >= 4 is 44.5 Å². The standard InChI is InChI=1S/C29H24N2O5S/c1-3-36-21-13-14-22-24(17-21)37-29(30-22)31-26(19-10-7-11-20(16-19)35-2)25(27(33)28(31)34)23(32)15-12-18-8-5-4-6-9-18/h4-17,26,33H,3H2,1-2H3/b15-12+. The van der Waals surface area contributed by atoms with Gasteiger partial charge in [0.05, 0.1) is 35.5 Å². The van der Waals surface area contributed by atoms with E-state index >= 15 is 0 Å². The quantitative estimate of drug-likeness (QED) is 0.296. The zero-order valence-corrected chi connectivity index (χ0v) is 21.1. The zero-order valence-electron chi connectivity index (χ0n) is 20.3. The molecule has 0 bridgehead atoms. The molecule has 3 aromatic carbocycles. The van der Waals surface area contributed by atoms with E-state index in [1.165, 1.54) is 22.3 Å². The summed E-state index contributed by atoms with van der Waals surface area (Å²) in [5, 5.41) is 11.3. The van der Waals surface area contributed by atoms with Crippen LogP contribution in [0.4, 0.5) is 5.13 Å². The minimum absolute atomic E-state index is 0.0142. The Kier molecular flexibility index (Phi) is 6.74. The molecule has 1 amide bonds. The lowest BCUT2D eigenvalue weighted by molar-refractivity contribution is -0.117. The molecule has 0 saturated heterocycles. The lowest BCUT2D eigenvalue weighted by Crippen LogP contribution is -2.30. The molecule has 0 radical (unpaired) electrons. The minimum atomic E-state index is -0.887. The number of aliphatic hydroxyl groups excluding tert-OH is 1. The smallest absolute Gasteiger partial charge is 0.296 e. The Morgan fingerprint density at radius 2 is 1.89 bits per heavy atom. The van der Waals surface area contributed by atoms with Gasteiger partial charge in [0.2, 0.25) is 0 Å². The molecule has 4 aromatic rings. The summed E-state index contributed by atoms with van der Waals surface area (Å²) in [7, 11) is 1.54. The highest BCUT2D eigenvalue weighted by atomic mass is 32.1. The summed E-state index contributed by atoms with van der Waals surface area (Å²) < 4.78 is 11.8. The fraction of sp³-hybridized carbons (Fsp3) is 0.138. The maximum absolute atomic E-state index is 13.4. The van der Waals surface area contributed by atoms with Crippen molar-refractivity contribution in [3.63, 3.8) is 0 Å². The van der Waals surface area contributed by atoms with Gasteiger partial charge < -0.3 is 14.6 Å². The molecule has 0 saturated carbocycles. The van der Waals surface area contributed by atoms with Crippen molar-refractivity contribution in [1.82, 2.24) is 4.98 Å². The van der Waals surface area contributed by atoms with Crippen LogP contribution in [0.3, 0.4) is 0 Å². The van der Waals surface area contributed by atoms with E-state index in [1.54, 1.807) is 37.5 Å². The number of carbonyl (C=O) groups excluding carboxylic acids is 2. The number of nitrogens with zero attached hydrogens (tertiary/aromatic N) is 2. The van der Waals surface area contributed by atoms with Gasteiger partial charge in [0, 0.05) is 0 Å². The molecule has 7 nitrogen and oxygen atoms in total. The van der Waals surface area contributed by atoms with Gasteiger partial charge in [-0.15, -0.1) is 0 Å². The van der Waals surface area contributed by atoms with Crippen molar-refractivity contribution in [2.45, 2.75) is 13.0 Å². The Bertz CT molecular complexity index is 1540. The summed E-state index contributed by atoms with van der Waals surface area (Å²) in [5.74, 6) is -0.485. The van der Waals surface area contributed by atoms with Crippen molar-refractivity contribution in [1.29, 1.82) is 0 Å². The van der Waals surface area contributed by atoms with E-state index in [4.69, 9.17) is 9.47 Å². The topological polar surface area (TPSA) is 89.0 Å². The molecule has 1 N–H and O–H groups in total. The minimum Gasteiger partial charge on any atom is -0.503 e. The SMILES string of the molecule is CCOc1ccc2nc(N3C(=O)C(O)=C(C(=O)/C=C/c4ccccc4)C3c3cccc(OC)c3)sc2c1. The van der Waals surface area contributed by atoms with E-state index < -0.39 is 23.5 Å². The van der Waals surface area contributed by atoms with E-state index in [0.29, 0.717) is 34.3 Å². The number of fused-ring (bicyclic) bond motifs is 1. The van der Waals surface area contributed by atoms with Crippen LogP contribution in [0.15, 0.2) is 90.2 Å². The number of methoxy groups -OCH3 is 1. The molecule has 2 heterocycles. The van der Waals surface area contributed by atoms with Gasteiger partial charge in [0.1, 0.15) is 11.5 Å². The Morgan fingerprint density at radius 3 is 2.65 bits per heavy atom. The van der Waals surface area contributed by atoms with Crippen LogP contribution in [0.1, 0.15) is 24.1 Å². The Hall–Kier alpha value is -4.43. The predicted octanol–water partition coefficient (Wildman–Crippen LogP) is 5.89. The number of aromatic nitrogens is 1. The largest absolute Gasteiger partial charge is 0.503 e. The lowest BCUT2D eigenvalue weighted by Gasteiger charge is -2.24. The average Bonchev–Trinajstić information content (AvgIpc) is 3.45. The molecule has 1 aliphatic rings. The molecule has 186 valence electrons. The number of ether oxygens (including phenoxy) is 2. The molecular formula is C29H24N2O5S. The number of benzene rings is 3. The Morgan fingerprint density at radius 1 is 1.08 bits per heavy atom. The summed E-state index contributed by atoms with van der Waals surface area (Å²) in [6.07, 6.45) is 3.03. The van der Waals surface area contributed by atoms with E-state index in [9.17, 15) is 14.7 Å². The van der Waals surface area contributed by atoms with E-state index in [2.05, 4.69) is 4.98 Å². The van der Waals surface area contributed by atoms with Crippen LogP contribution in [-0.2, 0) is 9.59 Å². The van der Waals surface area contributed by atoms with Gasteiger partial charge in [0.25, 0.3) is 5.91 Å². The summed E-state index contributed by atoms with van der Waals surface area (Å²) in [4.78, 5) is 32.9. The maximum Gasteiger partial charge on any atom is 0.296 e. The number of aliphatic hydroxyl groups is 1. The van der Waals surface area contributed by atoms with Crippen LogP contribution in [0.25, 0.3) is 16.3 Å². The highest BCUT2D eigenvalue weighted by Crippen LogP contribution is 2.44. The second-order valence-electron chi connectivity index (χ2n) is 8.28. The van der Waals surface area contributed by atoms with Crippen LogP contribution in [0.5, 0.6) is 11.5 Å². The van der Waals surface area contributed by atoms with Gasteiger partial charge in [0.15, 0.2) is 16.7 Å². The van der Waals surface area contributed by atoms with E-state index in [-0.39, 0.29) is 5.57 Å². The molecule has 0 fully saturated rings. The van der Waals surface area contributed by atoms with Crippen molar-refractivity contribution in [3.8, 4) is 11.5 Å². The van der Waals surface area contributed by atoms with Crippen molar-refractivity contribution < 1.29 is 24.2 Å². The fourth-order valence-electron chi connectivity index (χ4n) is 4.26. The Balaban J connectivity index is 1.60. The second kappa shape index (κ2) is 10.3. The molecule has 37 heavy (non-hydrogen) atoms. The van der Waals surface area contributed by atoms with Crippen molar-refractivity contribution in [2.24, 2.45) is 0 Å². The summed E-state index contributed by atoms with van der Waals surface area (Å²) in [6.45, 7) is 2.43. The first-order chi connectivity index (χ1) is 18.0. The molecule has 1 unspecified atom stereocenters. The van der Waals surface area contributed by atoms with Gasteiger partial charge in [-0.25, -0.2) is 4.98 Å². The third-order valence-corrected chi connectivity index (χ3v) is 6.99. The summed E-state index contributed by atoms with van der Waals surface area (Å²) >= 11 is 1.29. The first-order valence-electron chi connectivity index (χ1n) is 11.7. The van der Waals surface area contributed by atoms with Gasteiger partial charge in [-0.1, -0.05) is 59.9 Å². The highest BCUT2D eigenvalue weighted by Gasteiger charge is 2.45. The van der Waals surface area contributed by atoms with Gasteiger partial charge >= 0.3 is 0 Å². The lowest BCUT2D eigenvalue weighted by atomic mass is 9.95. The van der Waals surface area contributed by atoms with Crippen molar-refractivity contribution in [3.05, 3.63) is 101 Å². The molecule has 1 aromatic heterocycles. The number of ketones is 1. The molecule has 8 heteroatoms. The fourth-order valence-corrected chi connectivity index (χ4v) is 5.28. The number of hydrogen-bond donors (Lipinski definition) is 1. The number of anilines is 1. The zero-order chi connectivity index (χ0) is 25.9. The van der Waals surface area contributed by atoms with Crippen LogP contribution in [-0.4, -0.2) is 35.5 Å². The number of thiazole rings is 1. The molecule has 1 aliphatic heterocycles. The number of hydrogen-bond acceptors (Lipinski definition) is 7. The van der Waals surface area contributed by atoms with Crippen LogP contribution < -0.4 is 14.4 Å².